The van der Waals surface area contributed by atoms with Crippen LogP contribution < -0.4 is 4.90 Å². The summed E-state index contributed by atoms with van der Waals surface area (Å²) in [6.45, 7) is 2.67. The molecule has 1 fully saturated rings. The van der Waals surface area contributed by atoms with Crippen molar-refractivity contribution < 1.29 is 9.53 Å². The Hall–Kier alpha value is -4.17. The second kappa shape index (κ2) is 11.3. The zero-order chi connectivity index (χ0) is 26.6. The molecule has 0 atom stereocenters. The number of thiazole rings is 1. The van der Waals surface area contributed by atoms with Crippen LogP contribution in [0.3, 0.4) is 0 Å². The topological polar surface area (TPSA) is 74.3 Å². The maximum Gasteiger partial charge on any atom is 0.410 e. The maximum absolute atomic E-state index is 12.5. The zero-order valence-electron chi connectivity index (χ0n) is 21.9. The van der Waals surface area contributed by atoms with E-state index in [9.17, 15) is 4.79 Å². The lowest BCUT2D eigenvalue weighted by atomic mass is 9.97. The van der Waals surface area contributed by atoms with Gasteiger partial charge in [-0.2, -0.15) is 0 Å². The number of anilines is 1. The predicted octanol–water partition coefficient (Wildman–Crippen LogP) is 6.84. The molecule has 6 rings (SSSR count). The number of rotatable bonds is 7. The molecule has 7 nitrogen and oxygen atoms in total. The lowest BCUT2D eigenvalue weighted by Crippen LogP contribution is -2.41. The summed E-state index contributed by atoms with van der Waals surface area (Å²) >= 11 is 1.66. The molecule has 2 aromatic carbocycles. The van der Waals surface area contributed by atoms with E-state index in [1.54, 1.807) is 11.3 Å². The molecule has 1 N–H and O–H groups in total. The van der Waals surface area contributed by atoms with Gasteiger partial charge in [0.25, 0.3) is 0 Å². The number of H-pyrrole nitrogens is 1. The van der Waals surface area contributed by atoms with Crippen LogP contribution >= 0.6 is 11.3 Å². The number of nitrogens with zero attached hydrogens (tertiary/aromatic N) is 4. The number of aromatic nitrogens is 3. The number of hydrogen-bond acceptors (Lipinski definition) is 6. The summed E-state index contributed by atoms with van der Waals surface area (Å²) in [5.41, 5.74) is 6.12. The van der Waals surface area contributed by atoms with E-state index in [4.69, 9.17) is 9.72 Å². The van der Waals surface area contributed by atoms with E-state index in [0.29, 0.717) is 12.5 Å². The Labute approximate surface area is 232 Å². The average molecular weight is 538 g/mol. The number of fused-ring (bicyclic) bond motifs is 1. The molecule has 0 saturated carbocycles. The number of pyridine rings is 1. The second-order valence-electron chi connectivity index (χ2n) is 10.1. The molecule has 1 aliphatic rings. The fourth-order valence-corrected chi connectivity index (χ4v) is 5.94. The van der Waals surface area contributed by atoms with Crippen LogP contribution in [-0.2, 0) is 11.3 Å². The van der Waals surface area contributed by atoms with Crippen molar-refractivity contribution in [2.75, 3.05) is 31.6 Å². The Kier molecular flexibility index (Phi) is 7.27. The summed E-state index contributed by atoms with van der Waals surface area (Å²) in [4.78, 5) is 29.5. The van der Waals surface area contributed by atoms with Gasteiger partial charge in [-0.15, -0.1) is 11.3 Å². The first-order chi connectivity index (χ1) is 19.1. The Morgan fingerprint density at radius 3 is 2.59 bits per heavy atom. The van der Waals surface area contributed by atoms with Gasteiger partial charge in [-0.3, -0.25) is 0 Å². The van der Waals surface area contributed by atoms with Crippen molar-refractivity contribution in [3.05, 3.63) is 90.1 Å². The minimum absolute atomic E-state index is 0.223. The first-order valence-electron chi connectivity index (χ1n) is 13.3. The molecule has 1 amide bonds. The molecule has 3 aromatic heterocycles. The number of piperidine rings is 1. The Morgan fingerprint density at radius 1 is 1.08 bits per heavy atom. The smallest absolute Gasteiger partial charge is 0.410 e. The molecule has 5 aromatic rings. The number of amides is 1. The third-order valence-electron chi connectivity index (χ3n) is 7.34. The molecular formula is C31H31N5O2S. The van der Waals surface area contributed by atoms with Crippen LogP contribution in [0.4, 0.5) is 9.93 Å². The van der Waals surface area contributed by atoms with Crippen LogP contribution in [0.1, 0.15) is 18.4 Å². The number of likely N-dealkylation sites (tertiary alicyclic amines) is 1. The molecule has 0 bridgehead atoms. The van der Waals surface area contributed by atoms with Crippen LogP contribution in [0, 0.1) is 5.92 Å². The summed E-state index contributed by atoms with van der Waals surface area (Å²) in [6.07, 6.45) is 5.60. The molecule has 39 heavy (non-hydrogen) atoms. The van der Waals surface area contributed by atoms with E-state index in [2.05, 4.69) is 45.5 Å². The highest BCUT2D eigenvalue weighted by Gasteiger charge is 2.25. The summed E-state index contributed by atoms with van der Waals surface area (Å²) < 4.78 is 5.52. The quantitative estimate of drug-likeness (QED) is 0.246. The van der Waals surface area contributed by atoms with Crippen molar-refractivity contribution >= 4 is 33.6 Å². The van der Waals surface area contributed by atoms with Crippen LogP contribution in [-0.4, -0.2) is 52.6 Å². The first kappa shape index (κ1) is 25.1. The highest BCUT2D eigenvalue weighted by atomic mass is 32.1. The van der Waals surface area contributed by atoms with Crippen molar-refractivity contribution in [2.45, 2.75) is 19.4 Å². The largest absolute Gasteiger partial charge is 0.445 e. The third kappa shape index (κ3) is 5.66. The van der Waals surface area contributed by atoms with Gasteiger partial charge in [0.15, 0.2) is 5.13 Å². The van der Waals surface area contributed by atoms with Gasteiger partial charge in [-0.1, -0.05) is 60.7 Å². The van der Waals surface area contributed by atoms with Gasteiger partial charge in [-0.05, 0) is 36.0 Å². The predicted molar refractivity (Wildman–Crippen MR) is 157 cm³/mol. The lowest BCUT2D eigenvalue weighted by molar-refractivity contribution is 0.0828. The Balaban J connectivity index is 1.06. The van der Waals surface area contributed by atoms with Gasteiger partial charge in [0.2, 0.25) is 0 Å². The highest BCUT2D eigenvalue weighted by Crippen LogP contribution is 2.34. The van der Waals surface area contributed by atoms with Gasteiger partial charge >= 0.3 is 6.09 Å². The summed E-state index contributed by atoms with van der Waals surface area (Å²) in [6, 6.07) is 22.3. The molecular weight excluding hydrogens is 506 g/mol. The molecule has 0 spiro atoms. The fourth-order valence-electron chi connectivity index (χ4n) is 5.14. The molecule has 198 valence electrons. The molecule has 0 unspecified atom stereocenters. The van der Waals surface area contributed by atoms with Gasteiger partial charge in [-0.25, -0.2) is 14.8 Å². The fraction of sp³-hybridized carbons (Fsp3) is 0.258. The minimum Gasteiger partial charge on any atom is -0.445 e. The van der Waals surface area contributed by atoms with Crippen LogP contribution in [0.5, 0.6) is 0 Å². The number of hydrogen-bond donors (Lipinski definition) is 1. The van der Waals surface area contributed by atoms with Gasteiger partial charge in [0, 0.05) is 61.0 Å². The summed E-state index contributed by atoms with van der Waals surface area (Å²) in [7, 11) is 2.10. The Bertz CT molecular complexity index is 1540. The maximum atomic E-state index is 12.5. The van der Waals surface area contributed by atoms with E-state index in [1.807, 2.05) is 65.8 Å². The first-order valence-corrected chi connectivity index (χ1v) is 14.2. The van der Waals surface area contributed by atoms with Crippen LogP contribution in [0.25, 0.3) is 33.4 Å². The highest BCUT2D eigenvalue weighted by molar-refractivity contribution is 7.14. The minimum atomic E-state index is -0.223. The van der Waals surface area contributed by atoms with Crippen molar-refractivity contribution in [3.8, 4) is 22.4 Å². The number of benzene rings is 2. The number of nitrogens with one attached hydrogen (secondary N) is 1. The average Bonchev–Trinajstić information content (AvgIpc) is 3.64. The van der Waals surface area contributed by atoms with Crippen LogP contribution in [0.2, 0.25) is 0 Å². The van der Waals surface area contributed by atoms with Gasteiger partial charge in [0.1, 0.15) is 12.3 Å². The number of aromatic amines is 1. The second-order valence-corrected chi connectivity index (χ2v) is 10.9. The molecule has 0 aliphatic carbocycles. The molecule has 1 aliphatic heterocycles. The normalized spacial score (nSPS) is 14.0. The van der Waals surface area contributed by atoms with Crippen molar-refractivity contribution in [3.63, 3.8) is 0 Å². The van der Waals surface area contributed by atoms with Crippen molar-refractivity contribution in [2.24, 2.45) is 5.92 Å². The number of carbonyl (C=O) groups excluding carboxylic acids is 1. The standard InChI is InChI=1S/C31H31N5O2S/c1-35(19-22-12-14-36(15-13-22)31(37)38-20-23-8-4-2-5-9-23)30-34-28(21-39-30)27-18-33-29-26(27)16-25(17-32-29)24-10-6-3-7-11-24/h2-11,16-18,21-22H,12-15,19-20H2,1H3,(H,32,33). The number of ether oxygens (including phenoxy) is 1. The number of carbonyl (C=O) groups is 1. The van der Waals surface area contributed by atoms with Gasteiger partial charge in [0.05, 0.1) is 5.69 Å². The summed E-state index contributed by atoms with van der Waals surface area (Å²) in [5.74, 6) is 0.506. The van der Waals surface area contributed by atoms with E-state index in [-0.39, 0.29) is 6.09 Å². The molecule has 0 radical (unpaired) electrons. The molecule has 8 heteroatoms. The van der Waals surface area contributed by atoms with Crippen LogP contribution in [0.15, 0.2) is 84.5 Å². The van der Waals surface area contributed by atoms with E-state index < -0.39 is 0 Å². The SMILES string of the molecule is CN(CC1CCN(C(=O)OCc2ccccc2)CC1)c1nc(-c2c[nH]c3ncc(-c4ccccc4)cc23)cs1. The summed E-state index contributed by atoms with van der Waals surface area (Å²) in [5, 5.41) is 4.19. The lowest BCUT2D eigenvalue weighted by Gasteiger charge is -2.33. The Morgan fingerprint density at radius 2 is 1.82 bits per heavy atom. The molecule has 4 heterocycles. The van der Waals surface area contributed by atoms with E-state index in [1.165, 1.54) is 0 Å². The zero-order valence-corrected chi connectivity index (χ0v) is 22.7. The van der Waals surface area contributed by atoms with E-state index >= 15 is 0 Å². The third-order valence-corrected chi connectivity index (χ3v) is 8.30. The van der Waals surface area contributed by atoms with E-state index in [0.717, 1.165) is 76.6 Å². The monoisotopic (exact) mass is 537 g/mol. The molecule has 1 saturated heterocycles. The van der Waals surface area contributed by atoms with Crippen molar-refractivity contribution in [1.29, 1.82) is 0 Å². The van der Waals surface area contributed by atoms with Crippen molar-refractivity contribution in [1.82, 2.24) is 19.9 Å². The van der Waals surface area contributed by atoms with Gasteiger partial charge < -0.3 is 19.5 Å².